The number of aryl methyl sites for hydroxylation is 1. The van der Waals surface area contributed by atoms with E-state index in [9.17, 15) is 23.9 Å². The molecule has 4 rings (SSSR count). The molecule has 0 spiro atoms. The van der Waals surface area contributed by atoms with Crippen molar-refractivity contribution in [2.75, 3.05) is 11.4 Å². The molecule has 0 aromatic heterocycles. The van der Waals surface area contributed by atoms with Crippen molar-refractivity contribution in [3.8, 4) is 0 Å². The van der Waals surface area contributed by atoms with E-state index in [2.05, 4.69) is 5.32 Å². The zero-order chi connectivity index (χ0) is 23.0. The van der Waals surface area contributed by atoms with Crippen LogP contribution in [0.3, 0.4) is 0 Å². The third kappa shape index (κ3) is 4.14. The smallest absolute Gasteiger partial charge is 0.268 e. The standard InChI is InChI=1S/C24H24ClFN2O4/c1-14(29)20-4-2-3-16-11-19(5-6-21(16)20)28-8-7-24(32,23(28)31)22(30)27-13-15-9-17(25)12-18(26)10-15/h5-6,9-12,20,32H,2-4,7-8,13H2,1H3,(H,27,30)/t20?,24-/m0/s1. The van der Waals surface area contributed by atoms with Gasteiger partial charge in [-0.3, -0.25) is 14.4 Å². The zero-order valence-electron chi connectivity index (χ0n) is 17.7. The number of Topliss-reactive ketones (excluding diaryl/α,β-unsaturated/α-hetero) is 1. The molecular weight excluding hydrogens is 435 g/mol. The number of carbonyl (C=O) groups is 3. The monoisotopic (exact) mass is 458 g/mol. The second-order valence-corrected chi connectivity index (χ2v) is 8.90. The summed E-state index contributed by atoms with van der Waals surface area (Å²) in [6, 6.07) is 9.38. The number of anilines is 1. The number of benzene rings is 2. The van der Waals surface area contributed by atoms with Crippen LogP contribution in [0.4, 0.5) is 10.1 Å². The van der Waals surface area contributed by atoms with E-state index in [-0.39, 0.29) is 36.2 Å². The minimum atomic E-state index is -2.20. The fraction of sp³-hybridized carbons (Fsp3) is 0.375. The summed E-state index contributed by atoms with van der Waals surface area (Å²) in [4.78, 5) is 39.0. The lowest BCUT2D eigenvalue weighted by Gasteiger charge is -2.26. The van der Waals surface area contributed by atoms with Crippen LogP contribution in [0.25, 0.3) is 0 Å². The van der Waals surface area contributed by atoms with Gasteiger partial charge in [0.2, 0.25) is 5.60 Å². The van der Waals surface area contributed by atoms with Gasteiger partial charge in [0.25, 0.3) is 11.8 Å². The van der Waals surface area contributed by atoms with Crippen molar-refractivity contribution in [3.63, 3.8) is 0 Å². The van der Waals surface area contributed by atoms with Crippen molar-refractivity contribution in [1.29, 1.82) is 0 Å². The van der Waals surface area contributed by atoms with Gasteiger partial charge in [0.05, 0.1) is 0 Å². The van der Waals surface area contributed by atoms with Gasteiger partial charge in [0.15, 0.2) is 0 Å². The Balaban J connectivity index is 1.49. The fourth-order valence-corrected chi connectivity index (χ4v) is 4.84. The Morgan fingerprint density at radius 1 is 1.28 bits per heavy atom. The van der Waals surface area contributed by atoms with E-state index in [1.54, 1.807) is 13.0 Å². The topological polar surface area (TPSA) is 86.7 Å². The second-order valence-electron chi connectivity index (χ2n) is 8.47. The van der Waals surface area contributed by atoms with E-state index in [0.29, 0.717) is 11.3 Å². The average molecular weight is 459 g/mol. The third-order valence-corrected chi connectivity index (χ3v) is 6.51. The Bertz CT molecular complexity index is 1090. The first-order chi connectivity index (χ1) is 15.2. The van der Waals surface area contributed by atoms with E-state index in [1.807, 2.05) is 12.1 Å². The van der Waals surface area contributed by atoms with Crippen LogP contribution in [-0.2, 0) is 27.3 Å². The van der Waals surface area contributed by atoms with Crippen molar-refractivity contribution >= 4 is 34.9 Å². The van der Waals surface area contributed by atoms with Crippen LogP contribution in [0.15, 0.2) is 36.4 Å². The van der Waals surface area contributed by atoms with Crippen LogP contribution >= 0.6 is 11.6 Å². The molecule has 2 N–H and O–H groups in total. The van der Waals surface area contributed by atoms with E-state index in [4.69, 9.17) is 11.6 Å². The van der Waals surface area contributed by atoms with Crippen molar-refractivity contribution in [2.24, 2.45) is 0 Å². The van der Waals surface area contributed by atoms with Crippen molar-refractivity contribution in [2.45, 2.75) is 50.7 Å². The molecule has 2 aromatic carbocycles. The summed E-state index contributed by atoms with van der Waals surface area (Å²) in [6.07, 6.45) is 2.47. The lowest BCUT2D eigenvalue weighted by Crippen LogP contribution is -2.52. The number of ketones is 1. The van der Waals surface area contributed by atoms with Gasteiger partial charge in [0, 0.05) is 36.1 Å². The number of halogens is 2. The number of nitrogens with one attached hydrogen (secondary N) is 1. The first-order valence-electron chi connectivity index (χ1n) is 10.6. The Morgan fingerprint density at radius 2 is 2.06 bits per heavy atom. The maximum Gasteiger partial charge on any atom is 0.268 e. The molecule has 1 heterocycles. The van der Waals surface area contributed by atoms with Crippen LogP contribution in [0.1, 0.15) is 48.8 Å². The first-order valence-corrected chi connectivity index (χ1v) is 11.0. The molecule has 0 radical (unpaired) electrons. The molecule has 32 heavy (non-hydrogen) atoms. The molecule has 8 heteroatoms. The van der Waals surface area contributed by atoms with Gasteiger partial charge in [-0.2, -0.15) is 0 Å². The predicted molar refractivity (Wildman–Crippen MR) is 118 cm³/mol. The third-order valence-electron chi connectivity index (χ3n) is 6.29. The Morgan fingerprint density at radius 3 is 2.78 bits per heavy atom. The largest absolute Gasteiger partial charge is 0.372 e. The Hall–Kier alpha value is -2.77. The first kappa shape index (κ1) is 22.4. The minimum absolute atomic E-state index is 0.0608. The van der Waals surface area contributed by atoms with Crippen molar-refractivity contribution in [1.82, 2.24) is 5.32 Å². The summed E-state index contributed by atoms with van der Waals surface area (Å²) in [5, 5.41) is 13.5. The molecule has 2 atom stereocenters. The number of fused-ring (bicyclic) bond motifs is 1. The van der Waals surface area contributed by atoms with Gasteiger partial charge in [-0.15, -0.1) is 0 Å². The van der Waals surface area contributed by atoms with E-state index < -0.39 is 23.2 Å². The molecule has 1 unspecified atom stereocenters. The highest BCUT2D eigenvalue weighted by molar-refractivity contribution is 6.30. The molecule has 0 saturated carbocycles. The molecule has 0 bridgehead atoms. The molecule has 6 nitrogen and oxygen atoms in total. The van der Waals surface area contributed by atoms with Crippen LogP contribution in [0, 0.1) is 5.82 Å². The summed E-state index contributed by atoms with van der Waals surface area (Å²) >= 11 is 5.83. The minimum Gasteiger partial charge on any atom is -0.372 e. The van der Waals surface area contributed by atoms with E-state index >= 15 is 0 Å². The molecule has 1 aliphatic carbocycles. The maximum atomic E-state index is 13.5. The van der Waals surface area contributed by atoms with Gasteiger partial charge in [-0.05, 0) is 73.2 Å². The molecule has 2 aliphatic rings. The number of aliphatic hydroxyl groups is 1. The predicted octanol–water partition coefficient (Wildman–Crippen LogP) is 3.27. The SMILES string of the molecule is CC(=O)C1CCCc2cc(N3CC[C@](O)(C(=O)NCc4cc(F)cc(Cl)c4)C3=O)ccc21. The summed E-state index contributed by atoms with van der Waals surface area (Å²) in [5.41, 5.74) is 0.822. The summed E-state index contributed by atoms with van der Waals surface area (Å²) in [6.45, 7) is 1.70. The average Bonchev–Trinajstić information content (AvgIpc) is 3.06. The molecular formula is C24H24ClFN2O4. The Kier molecular flexibility index (Phi) is 6.05. The van der Waals surface area contributed by atoms with Gasteiger partial charge in [0.1, 0.15) is 11.6 Å². The number of hydrogen-bond acceptors (Lipinski definition) is 4. The number of carbonyl (C=O) groups excluding carboxylic acids is 3. The molecule has 1 aliphatic heterocycles. The van der Waals surface area contributed by atoms with Gasteiger partial charge >= 0.3 is 0 Å². The summed E-state index contributed by atoms with van der Waals surface area (Å²) in [7, 11) is 0. The maximum absolute atomic E-state index is 13.5. The molecule has 168 valence electrons. The number of hydrogen-bond donors (Lipinski definition) is 2. The van der Waals surface area contributed by atoms with E-state index in [1.165, 1.54) is 17.0 Å². The molecule has 1 saturated heterocycles. The number of rotatable bonds is 5. The van der Waals surface area contributed by atoms with Crippen LogP contribution in [0.5, 0.6) is 0 Å². The molecule has 1 fully saturated rings. The highest BCUT2D eigenvalue weighted by Gasteiger charge is 2.51. The summed E-state index contributed by atoms with van der Waals surface area (Å²) in [5.74, 6) is -2.07. The molecule has 2 aromatic rings. The van der Waals surface area contributed by atoms with Gasteiger partial charge in [-0.25, -0.2) is 4.39 Å². The van der Waals surface area contributed by atoms with Crippen molar-refractivity contribution < 1.29 is 23.9 Å². The van der Waals surface area contributed by atoms with Crippen LogP contribution in [0.2, 0.25) is 5.02 Å². The fourth-order valence-electron chi connectivity index (χ4n) is 4.59. The lowest BCUT2D eigenvalue weighted by molar-refractivity contribution is -0.149. The van der Waals surface area contributed by atoms with Crippen LogP contribution in [-0.4, -0.2) is 34.8 Å². The second kappa shape index (κ2) is 8.64. The quantitative estimate of drug-likeness (QED) is 0.673. The summed E-state index contributed by atoms with van der Waals surface area (Å²) < 4.78 is 13.5. The highest BCUT2D eigenvalue weighted by Crippen LogP contribution is 2.36. The Labute approximate surface area is 190 Å². The zero-order valence-corrected chi connectivity index (χ0v) is 18.4. The van der Waals surface area contributed by atoms with Gasteiger partial charge in [-0.1, -0.05) is 17.7 Å². The highest BCUT2D eigenvalue weighted by atomic mass is 35.5. The van der Waals surface area contributed by atoms with Crippen LogP contribution < -0.4 is 10.2 Å². The lowest BCUT2D eigenvalue weighted by atomic mass is 9.80. The van der Waals surface area contributed by atoms with E-state index in [0.717, 1.165) is 36.5 Å². The number of amides is 2. The van der Waals surface area contributed by atoms with Crippen molar-refractivity contribution in [3.05, 3.63) is 63.9 Å². The molecule has 2 amide bonds. The number of nitrogens with zero attached hydrogens (tertiary/aromatic N) is 1. The normalized spacial score (nSPS) is 22.6. The van der Waals surface area contributed by atoms with Gasteiger partial charge < -0.3 is 15.3 Å².